The molecular formula is C27H20F2N4. The summed E-state index contributed by atoms with van der Waals surface area (Å²) in [6.45, 7) is 2.05. The molecule has 0 aliphatic carbocycles. The molecule has 0 radical (unpaired) electrons. The summed E-state index contributed by atoms with van der Waals surface area (Å²) in [5.74, 6) is -1.80. The van der Waals surface area contributed by atoms with Crippen molar-refractivity contribution in [1.29, 1.82) is 0 Å². The predicted molar refractivity (Wildman–Crippen MR) is 123 cm³/mol. The molecule has 0 saturated heterocycles. The Morgan fingerprint density at radius 1 is 0.697 bits per heavy atom. The zero-order chi connectivity index (χ0) is 22.8. The summed E-state index contributed by atoms with van der Waals surface area (Å²) in [7, 11) is 0. The van der Waals surface area contributed by atoms with Crippen molar-refractivity contribution in [2.24, 2.45) is 0 Å². The van der Waals surface area contributed by atoms with Crippen molar-refractivity contribution in [3.05, 3.63) is 132 Å². The lowest BCUT2D eigenvalue weighted by molar-refractivity contribution is 0.504. The van der Waals surface area contributed by atoms with Gasteiger partial charge in [0.25, 0.3) is 0 Å². The number of aromatic nitrogens is 4. The van der Waals surface area contributed by atoms with Crippen molar-refractivity contribution in [2.45, 2.75) is 12.3 Å². The van der Waals surface area contributed by atoms with Crippen molar-refractivity contribution in [3.63, 3.8) is 0 Å². The smallest absolute Gasteiger partial charge is 0.241 e. The molecule has 33 heavy (non-hydrogen) atoms. The summed E-state index contributed by atoms with van der Waals surface area (Å²) in [5, 5.41) is 4.67. The molecular weight excluding hydrogens is 418 g/mol. The highest BCUT2D eigenvalue weighted by molar-refractivity contribution is 5.60. The standard InChI is InChI=1S/C27H20F2N4/c1-27(20-11-6-3-7-12-20,23-14-8-13-21(30-23)19-9-4-2-5-10-19)24-17-18-33(32-24)22-15-16-25(28)31-26(22)29/h2-18H,1H3. The van der Waals surface area contributed by atoms with Crippen LogP contribution in [0.25, 0.3) is 16.9 Å². The highest BCUT2D eigenvalue weighted by Gasteiger charge is 2.35. The number of hydrogen-bond donors (Lipinski definition) is 0. The van der Waals surface area contributed by atoms with Crippen LogP contribution in [0.3, 0.4) is 0 Å². The molecule has 1 unspecified atom stereocenters. The first-order valence-electron chi connectivity index (χ1n) is 10.5. The Labute approximate surface area is 190 Å². The Morgan fingerprint density at radius 2 is 1.42 bits per heavy atom. The normalized spacial score (nSPS) is 12.9. The Bertz CT molecular complexity index is 1400. The number of halogens is 2. The van der Waals surface area contributed by atoms with Crippen LogP contribution in [0.1, 0.15) is 23.9 Å². The van der Waals surface area contributed by atoms with Gasteiger partial charge in [0.05, 0.1) is 22.5 Å². The van der Waals surface area contributed by atoms with Gasteiger partial charge in [-0.15, -0.1) is 0 Å². The summed E-state index contributed by atoms with van der Waals surface area (Å²) >= 11 is 0. The highest BCUT2D eigenvalue weighted by Crippen LogP contribution is 2.38. The fraction of sp³-hybridized carbons (Fsp3) is 0.0741. The molecule has 0 saturated carbocycles. The van der Waals surface area contributed by atoms with Gasteiger partial charge in [-0.25, -0.2) is 4.68 Å². The van der Waals surface area contributed by atoms with Crippen molar-refractivity contribution in [1.82, 2.24) is 19.7 Å². The quantitative estimate of drug-likeness (QED) is 0.318. The third-order valence-corrected chi connectivity index (χ3v) is 5.83. The van der Waals surface area contributed by atoms with Gasteiger partial charge >= 0.3 is 0 Å². The number of rotatable bonds is 5. The second-order valence-electron chi connectivity index (χ2n) is 7.85. The fourth-order valence-corrected chi connectivity index (χ4v) is 3.98. The highest BCUT2D eigenvalue weighted by atomic mass is 19.1. The second-order valence-corrected chi connectivity index (χ2v) is 7.85. The van der Waals surface area contributed by atoms with Gasteiger partial charge in [-0.05, 0) is 42.8 Å². The van der Waals surface area contributed by atoms with E-state index in [1.165, 1.54) is 10.7 Å². The van der Waals surface area contributed by atoms with E-state index in [9.17, 15) is 8.78 Å². The maximum atomic E-state index is 14.3. The molecule has 0 N–H and O–H groups in total. The number of benzene rings is 2. The summed E-state index contributed by atoms with van der Waals surface area (Å²) in [5.41, 5.74) is 3.69. The lowest BCUT2D eigenvalue weighted by Crippen LogP contribution is -2.27. The van der Waals surface area contributed by atoms with Gasteiger partial charge in [-0.3, -0.25) is 4.98 Å². The van der Waals surface area contributed by atoms with E-state index in [4.69, 9.17) is 4.98 Å². The Morgan fingerprint density at radius 3 is 2.15 bits per heavy atom. The molecule has 1 atom stereocenters. The summed E-state index contributed by atoms with van der Waals surface area (Å²) in [6, 6.07) is 30.1. The molecule has 5 rings (SSSR count). The van der Waals surface area contributed by atoms with E-state index in [1.807, 2.05) is 91.9 Å². The van der Waals surface area contributed by atoms with E-state index >= 15 is 0 Å². The molecule has 162 valence electrons. The topological polar surface area (TPSA) is 43.6 Å². The molecule has 2 aromatic carbocycles. The molecule has 5 aromatic rings. The summed E-state index contributed by atoms with van der Waals surface area (Å²) in [6.07, 6.45) is 1.65. The maximum Gasteiger partial charge on any atom is 0.241 e. The largest absolute Gasteiger partial charge is 0.251 e. The van der Waals surface area contributed by atoms with Crippen LogP contribution in [-0.2, 0) is 5.41 Å². The first kappa shape index (κ1) is 20.7. The summed E-state index contributed by atoms with van der Waals surface area (Å²) < 4.78 is 29.0. The Kier molecular flexibility index (Phi) is 5.26. The monoisotopic (exact) mass is 438 g/mol. The van der Waals surface area contributed by atoms with Gasteiger partial charge in [0.2, 0.25) is 11.9 Å². The number of pyridine rings is 2. The Hall–Kier alpha value is -4.19. The minimum absolute atomic E-state index is 0.0732. The van der Waals surface area contributed by atoms with E-state index in [1.54, 1.807) is 6.20 Å². The third kappa shape index (κ3) is 3.80. The van der Waals surface area contributed by atoms with Crippen molar-refractivity contribution in [3.8, 4) is 16.9 Å². The van der Waals surface area contributed by atoms with Gasteiger partial charge in [0.15, 0.2) is 0 Å². The lowest BCUT2D eigenvalue weighted by atomic mass is 9.76. The lowest BCUT2D eigenvalue weighted by Gasteiger charge is -2.28. The van der Waals surface area contributed by atoms with Crippen molar-refractivity contribution < 1.29 is 8.78 Å². The van der Waals surface area contributed by atoms with Gasteiger partial charge in [0, 0.05) is 11.8 Å². The SMILES string of the molecule is CC(c1ccccc1)(c1cccc(-c2ccccc2)n1)c1ccn(-c2ccc(F)nc2F)n1. The van der Waals surface area contributed by atoms with Gasteiger partial charge in [-0.1, -0.05) is 66.7 Å². The fourth-order valence-electron chi connectivity index (χ4n) is 3.98. The zero-order valence-corrected chi connectivity index (χ0v) is 17.9. The van der Waals surface area contributed by atoms with Gasteiger partial charge < -0.3 is 0 Å². The Balaban J connectivity index is 1.66. The maximum absolute atomic E-state index is 14.3. The molecule has 6 heteroatoms. The molecule has 0 amide bonds. The van der Waals surface area contributed by atoms with Crippen molar-refractivity contribution in [2.75, 3.05) is 0 Å². The summed E-state index contributed by atoms with van der Waals surface area (Å²) in [4.78, 5) is 8.27. The molecule has 0 bridgehead atoms. The van der Waals surface area contributed by atoms with E-state index in [0.717, 1.165) is 28.6 Å². The predicted octanol–water partition coefficient (Wildman–Crippen LogP) is 5.96. The minimum atomic E-state index is -0.921. The van der Waals surface area contributed by atoms with Crippen LogP contribution in [-0.4, -0.2) is 19.7 Å². The van der Waals surface area contributed by atoms with Crippen LogP contribution >= 0.6 is 0 Å². The van der Waals surface area contributed by atoms with E-state index < -0.39 is 17.3 Å². The van der Waals surface area contributed by atoms with Crippen LogP contribution in [0.5, 0.6) is 0 Å². The number of nitrogens with zero attached hydrogens (tertiary/aromatic N) is 4. The number of hydrogen-bond acceptors (Lipinski definition) is 3. The van der Waals surface area contributed by atoms with Gasteiger partial charge in [0.1, 0.15) is 5.69 Å². The molecule has 0 fully saturated rings. The van der Waals surface area contributed by atoms with E-state index in [-0.39, 0.29) is 5.69 Å². The molecule has 0 aliphatic rings. The molecule has 3 heterocycles. The van der Waals surface area contributed by atoms with Crippen LogP contribution < -0.4 is 0 Å². The van der Waals surface area contributed by atoms with Crippen LogP contribution in [0.4, 0.5) is 8.78 Å². The van der Waals surface area contributed by atoms with Crippen LogP contribution in [0, 0.1) is 11.9 Å². The van der Waals surface area contributed by atoms with Crippen LogP contribution in [0.2, 0.25) is 0 Å². The van der Waals surface area contributed by atoms with Gasteiger partial charge in [-0.2, -0.15) is 18.9 Å². The first-order chi connectivity index (χ1) is 16.1. The average Bonchev–Trinajstić information content (AvgIpc) is 3.35. The molecule has 0 aliphatic heterocycles. The van der Waals surface area contributed by atoms with Crippen LogP contribution in [0.15, 0.2) is 103 Å². The van der Waals surface area contributed by atoms with E-state index in [0.29, 0.717) is 5.69 Å². The molecule has 0 spiro atoms. The van der Waals surface area contributed by atoms with Crippen molar-refractivity contribution >= 4 is 0 Å². The second kappa shape index (κ2) is 8.39. The molecule has 3 aromatic heterocycles. The zero-order valence-electron chi connectivity index (χ0n) is 17.9. The first-order valence-corrected chi connectivity index (χ1v) is 10.5. The average molecular weight is 438 g/mol. The minimum Gasteiger partial charge on any atom is -0.251 e. The third-order valence-electron chi connectivity index (χ3n) is 5.83. The molecule has 4 nitrogen and oxygen atoms in total. The van der Waals surface area contributed by atoms with E-state index in [2.05, 4.69) is 10.1 Å².